The van der Waals surface area contributed by atoms with E-state index in [1.807, 2.05) is 23.1 Å². The highest BCUT2D eigenvalue weighted by Crippen LogP contribution is 2.38. The molecule has 2 aliphatic heterocycles. The van der Waals surface area contributed by atoms with E-state index in [2.05, 4.69) is 24.4 Å². The minimum atomic E-state index is 0.0763. The fourth-order valence-electron chi connectivity index (χ4n) is 3.56. The number of thiophene rings is 1. The van der Waals surface area contributed by atoms with Crippen LogP contribution in [-0.4, -0.2) is 30.6 Å². The van der Waals surface area contributed by atoms with Gasteiger partial charge in [0.15, 0.2) is 11.5 Å². The third kappa shape index (κ3) is 3.49. The largest absolute Gasteiger partial charge is 0.490 e. The van der Waals surface area contributed by atoms with E-state index in [0.717, 1.165) is 47.7 Å². The lowest BCUT2D eigenvalue weighted by Gasteiger charge is -2.24. The van der Waals surface area contributed by atoms with Crippen molar-refractivity contribution >= 4 is 23.3 Å². The topological polar surface area (TPSA) is 38.8 Å². The van der Waals surface area contributed by atoms with Crippen molar-refractivity contribution in [1.29, 1.82) is 0 Å². The molecule has 0 saturated carbocycles. The van der Waals surface area contributed by atoms with Gasteiger partial charge in [0.05, 0.1) is 19.3 Å². The van der Waals surface area contributed by atoms with Gasteiger partial charge in [-0.2, -0.15) is 0 Å². The van der Waals surface area contributed by atoms with E-state index in [1.54, 1.807) is 17.4 Å². The van der Waals surface area contributed by atoms with E-state index in [4.69, 9.17) is 9.47 Å². The van der Waals surface area contributed by atoms with E-state index in [0.29, 0.717) is 13.2 Å². The number of hydrogen-bond donors (Lipinski definition) is 0. The first-order chi connectivity index (χ1) is 12.7. The molecule has 26 heavy (non-hydrogen) atoms. The van der Waals surface area contributed by atoms with Crippen molar-refractivity contribution in [2.75, 3.05) is 19.8 Å². The number of aryl methyl sites for hydroxylation is 1. The summed E-state index contributed by atoms with van der Waals surface area (Å²) in [5, 5.41) is 2.05. The quantitative estimate of drug-likeness (QED) is 0.743. The maximum absolute atomic E-state index is 12.8. The summed E-state index contributed by atoms with van der Waals surface area (Å²) in [6.45, 7) is 4.22. The number of benzene rings is 1. The lowest BCUT2D eigenvalue weighted by Crippen LogP contribution is -2.28. The monoisotopic (exact) mass is 369 g/mol. The number of likely N-dealkylation sites (tertiary alicyclic amines) is 1. The fourth-order valence-corrected chi connectivity index (χ4v) is 4.38. The summed E-state index contributed by atoms with van der Waals surface area (Å²) in [6.07, 6.45) is 6.55. The van der Waals surface area contributed by atoms with Gasteiger partial charge in [0.25, 0.3) is 0 Å². The number of fused-ring (bicyclic) bond motifs is 1. The minimum absolute atomic E-state index is 0.0763. The van der Waals surface area contributed by atoms with Crippen LogP contribution in [0.4, 0.5) is 0 Å². The van der Waals surface area contributed by atoms with E-state index >= 15 is 0 Å². The highest BCUT2D eigenvalue weighted by atomic mass is 32.1. The normalized spacial score (nSPS) is 19.7. The molecular weight excluding hydrogens is 346 g/mol. The molecule has 0 N–H and O–H groups in total. The zero-order valence-electron chi connectivity index (χ0n) is 14.9. The molecule has 0 bridgehead atoms. The number of carbonyl (C=O) groups excluding carboxylic acids is 1. The number of nitrogens with zero attached hydrogens (tertiary/aromatic N) is 1. The van der Waals surface area contributed by atoms with Crippen molar-refractivity contribution in [1.82, 2.24) is 4.90 Å². The molecule has 0 radical (unpaired) electrons. The Labute approximate surface area is 158 Å². The zero-order chi connectivity index (χ0) is 17.9. The van der Waals surface area contributed by atoms with Crippen LogP contribution in [0.2, 0.25) is 0 Å². The lowest BCUT2D eigenvalue weighted by molar-refractivity contribution is -0.126. The minimum Gasteiger partial charge on any atom is -0.490 e. The smallest absolute Gasteiger partial charge is 0.247 e. The molecule has 3 heterocycles. The van der Waals surface area contributed by atoms with Gasteiger partial charge in [-0.15, -0.1) is 11.3 Å². The van der Waals surface area contributed by atoms with E-state index in [1.165, 1.54) is 5.56 Å². The number of ether oxygens (including phenoxy) is 2. The molecule has 1 unspecified atom stereocenters. The van der Waals surface area contributed by atoms with E-state index < -0.39 is 0 Å². The van der Waals surface area contributed by atoms with Crippen LogP contribution in [0, 0.1) is 6.92 Å². The van der Waals surface area contributed by atoms with Gasteiger partial charge < -0.3 is 14.4 Å². The summed E-state index contributed by atoms with van der Waals surface area (Å²) in [4.78, 5) is 15.9. The van der Waals surface area contributed by atoms with Crippen LogP contribution in [0.15, 0.2) is 35.7 Å². The van der Waals surface area contributed by atoms with Gasteiger partial charge >= 0.3 is 0 Å². The van der Waals surface area contributed by atoms with Crippen LogP contribution in [0.25, 0.3) is 6.08 Å². The molecule has 0 aliphatic carbocycles. The third-order valence-corrected chi connectivity index (χ3v) is 5.96. The number of carbonyl (C=O) groups is 1. The van der Waals surface area contributed by atoms with Crippen molar-refractivity contribution in [3.8, 4) is 11.5 Å². The van der Waals surface area contributed by atoms with Crippen LogP contribution >= 0.6 is 11.3 Å². The maximum atomic E-state index is 12.8. The van der Waals surface area contributed by atoms with Crippen molar-refractivity contribution in [2.24, 2.45) is 0 Å². The summed E-state index contributed by atoms with van der Waals surface area (Å²) in [7, 11) is 0. The standard InChI is InChI=1S/C21H23NO3S/c1-15-9-13-26-20(15)7-8-21(23)22-10-2-4-17(22)16-5-6-18-19(14-16)25-12-3-11-24-18/h5-9,13-14,17H,2-4,10-12H2,1H3/b8-7+. The Bertz CT molecular complexity index is 826. The number of hydrogen-bond acceptors (Lipinski definition) is 4. The summed E-state index contributed by atoms with van der Waals surface area (Å²) in [5.41, 5.74) is 2.33. The van der Waals surface area contributed by atoms with Crippen LogP contribution < -0.4 is 9.47 Å². The average Bonchev–Trinajstić information content (AvgIpc) is 3.23. The predicted molar refractivity (Wildman–Crippen MR) is 104 cm³/mol. The fraction of sp³-hybridized carbons (Fsp3) is 0.381. The summed E-state index contributed by atoms with van der Waals surface area (Å²) in [5.74, 6) is 1.67. The molecule has 1 atom stereocenters. The molecule has 0 spiro atoms. The molecule has 5 heteroatoms. The molecule has 1 fully saturated rings. The molecule has 4 nitrogen and oxygen atoms in total. The van der Waals surface area contributed by atoms with Crippen LogP contribution in [-0.2, 0) is 4.79 Å². The summed E-state index contributed by atoms with van der Waals surface area (Å²) in [6, 6.07) is 8.27. The Morgan fingerprint density at radius 1 is 1.19 bits per heavy atom. The predicted octanol–water partition coefficient (Wildman–Crippen LogP) is 4.59. The van der Waals surface area contributed by atoms with Gasteiger partial charge in [-0.25, -0.2) is 0 Å². The summed E-state index contributed by atoms with van der Waals surface area (Å²) < 4.78 is 11.5. The molecular formula is C21H23NO3S. The highest BCUT2D eigenvalue weighted by molar-refractivity contribution is 7.11. The third-order valence-electron chi connectivity index (χ3n) is 4.97. The first-order valence-corrected chi connectivity index (χ1v) is 10.0. The average molecular weight is 369 g/mol. The molecule has 1 saturated heterocycles. The second-order valence-electron chi connectivity index (χ2n) is 6.75. The second-order valence-corrected chi connectivity index (χ2v) is 7.70. The van der Waals surface area contributed by atoms with Crippen molar-refractivity contribution in [2.45, 2.75) is 32.2 Å². The maximum Gasteiger partial charge on any atom is 0.247 e. The Balaban J connectivity index is 1.53. The first kappa shape index (κ1) is 17.2. The van der Waals surface area contributed by atoms with Crippen LogP contribution in [0.1, 0.15) is 41.3 Å². The van der Waals surface area contributed by atoms with E-state index in [-0.39, 0.29) is 11.9 Å². The van der Waals surface area contributed by atoms with Crippen LogP contribution in [0.3, 0.4) is 0 Å². The second kappa shape index (κ2) is 7.54. The Kier molecular flexibility index (Phi) is 4.98. The summed E-state index contributed by atoms with van der Waals surface area (Å²) >= 11 is 1.66. The van der Waals surface area contributed by atoms with Gasteiger partial charge in [0.1, 0.15) is 0 Å². The molecule has 1 aromatic carbocycles. The lowest BCUT2D eigenvalue weighted by atomic mass is 10.0. The van der Waals surface area contributed by atoms with Gasteiger partial charge in [-0.3, -0.25) is 4.79 Å². The van der Waals surface area contributed by atoms with Crippen molar-refractivity contribution in [3.05, 3.63) is 51.7 Å². The Hall–Kier alpha value is -2.27. The Morgan fingerprint density at radius 3 is 2.85 bits per heavy atom. The van der Waals surface area contributed by atoms with E-state index in [9.17, 15) is 4.79 Å². The molecule has 1 amide bonds. The molecule has 1 aromatic heterocycles. The van der Waals surface area contributed by atoms with Crippen LogP contribution in [0.5, 0.6) is 11.5 Å². The Morgan fingerprint density at radius 2 is 2.04 bits per heavy atom. The van der Waals surface area contributed by atoms with Crippen molar-refractivity contribution < 1.29 is 14.3 Å². The number of rotatable bonds is 3. The molecule has 136 valence electrons. The molecule has 4 rings (SSSR count). The molecule has 2 aliphatic rings. The molecule has 2 aromatic rings. The van der Waals surface area contributed by atoms with Crippen molar-refractivity contribution in [3.63, 3.8) is 0 Å². The highest BCUT2D eigenvalue weighted by Gasteiger charge is 2.29. The van der Waals surface area contributed by atoms with Gasteiger partial charge in [-0.1, -0.05) is 6.07 Å². The van der Waals surface area contributed by atoms with Gasteiger partial charge in [-0.05, 0) is 60.5 Å². The van der Waals surface area contributed by atoms with Gasteiger partial charge in [0, 0.05) is 23.9 Å². The number of amides is 1. The first-order valence-electron chi connectivity index (χ1n) is 9.15. The zero-order valence-corrected chi connectivity index (χ0v) is 15.8. The SMILES string of the molecule is Cc1ccsc1/C=C/C(=O)N1CCCC1c1ccc2c(c1)OCCCO2. The van der Waals surface area contributed by atoms with Gasteiger partial charge in [0.2, 0.25) is 5.91 Å².